The average Bonchev–Trinajstić information content (AvgIpc) is 3.45. The first-order valence-electron chi connectivity index (χ1n) is 10.2. The highest BCUT2D eigenvalue weighted by atomic mass is 19.4. The molecule has 2 amide bonds. The Morgan fingerprint density at radius 2 is 1.87 bits per heavy atom. The van der Waals surface area contributed by atoms with E-state index >= 15 is 0 Å². The van der Waals surface area contributed by atoms with Crippen molar-refractivity contribution in [2.45, 2.75) is 43.9 Å². The van der Waals surface area contributed by atoms with Crippen LogP contribution in [0, 0.1) is 5.92 Å². The van der Waals surface area contributed by atoms with E-state index in [4.69, 9.17) is 0 Å². The van der Waals surface area contributed by atoms with Crippen LogP contribution in [-0.2, 0) is 25.6 Å². The van der Waals surface area contributed by atoms with Gasteiger partial charge in [0.05, 0.1) is 6.04 Å². The molecule has 2 fully saturated rings. The van der Waals surface area contributed by atoms with Crippen LogP contribution in [0.25, 0.3) is 0 Å². The van der Waals surface area contributed by atoms with Gasteiger partial charge in [0.2, 0.25) is 5.91 Å². The summed E-state index contributed by atoms with van der Waals surface area (Å²) in [4.78, 5) is 42.1. The Hall–Kier alpha value is -2.88. The molecule has 0 bridgehead atoms. The molecule has 7 nitrogen and oxygen atoms in total. The normalized spacial score (nSPS) is 22.0. The lowest BCUT2D eigenvalue weighted by atomic mass is 10.0. The molecule has 2 atom stereocenters. The van der Waals surface area contributed by atoms with Crippen LogP contribution in [0.4, 0.5) is 18.9 Å². The van der Waals surface area contributed by atoms with Crippen molar-refractivity contribution in [1.29, 1.82) is 0 Å². The first-order valence-corrected chi connectivity index (χ1v) is 10.2. The van der Waals surface area contributed by atoms with E-state index in [9.17, 15) is 27.6 Å². The molecule has 1 N–H and O–H groups in total. The summed E-state index contributed by atoms with van der Waals surface area (Å²) in [6, 6.07) is 6.29. The first-order chi connectivity index (χ1) is 14.7. The van der Waals surface area contributed by atoms with Crippen LogP contribution in [0.5, 0.6) is 0 Å². The zero-order valence-electron chi connectivity index (χ0n) is 16.6. The second kappa shape index (κ2) is 8.33. The second-order valence-corrected chi connectivity index (χ2v) is 7.92. The number of carbonyl (C=O) groups excluding carboxylic acids is 3. The van der Waals surface area contributed by atoms with Gasteiger partial charge < -0.3 is 15.1 Å². The lowest BCUT2D eigenvalue weighted by molar-refractivity contribution is -0.261. The summed E-state index contributed by atoms with van der Waals surface area (Å²) in [7, 11) is 0. The number of alkyl halides is 3. The number of nitrogens with one attached hydrogen (secondary N) is 1. The molecule has 1 saturated heterocycles. The fraction of sp³-hybridized carbons (Fsp3) is 0.476. The third-order valence-electron chi connectivity index (χ3n) is 5.74. The highest BCUT2D eigenvalue weighted by Crippen LogP contribution is 2.34. The SMILES string of the molecule is O=C(N[C@H](/C=C/C(=O)N1CCc2ccccc21)C1CC1)[C@@H]1CCN1OC(=O)C(F)(F)F. The van der Waals surface area contributed by atoms with Gasteiger partial charge >= 0.3 is 12.1 Å². The molecule has 0 radical (unpaired) electrons. The van der Waals surface area contributed by atoms with Gasteiger partial charge in [-0.15, -0.1) is 5.06 Å². The molecular weight excluding hydrogens is 415 g/mol. The van der Waals surface area contributed by atoms with E-state index in [1.807, 2.05) is 24.3 Å². The molecule has 1 aromatic rings. The molecule has 0 spiro atoms. The number of para-hydroxylation sites is 1. The zero-order valence-corrected chi connectivity index (χ0v) is 16.6. The van der Waals surface area contributed by atoms with Crippen molar-refractivity contribution in [3.8, 4) is 0 Å². The van der Waals surface area contributed by atoms with Crippen molar-refractivity contribution >= 4 is 23.5 Å². The minimum absolute atomic E-state index is 0.0523. The Balaban J connectivity index is 1.35. The molecule has 31 heavy (non-hydrogen) atoms. The summed E-state index contributed by atoms with van der Waals surface area (Å²) in [5, 5.41) is 3.52. The van der Waals surface area contributed by atoms with Crippen LogP contribution >= 0.6 is 0 Å². The highest BCUT2D eigenvalue weighted by Gasteiger charge is 2.47. The number of amides is 2. The standard InChI is InChI=1S/C21H22F3N3O4/c22-21(23,24)20(30)31-27-12-10-17(27)19(29)25-15(13-5-6-13)7-8-18(28)26-11-9-14-3-1-2-4-16(14)26/h1-4,7-8,13,15,17H,5-6,9-12H2,(H,25,29)/b8-7+/t15-,17+/m1/s1. The van der Waals surface area contributed by atoms with E-state index in [1.54, 1.807) is 11.0 Å². The monoisotopic (exact) mass is 437 g/mol. The maximum atomic E-state index is 12.7. The fourth-order valence-corrected chi connectivity index (χ4v) is 3.78. The summed E-state index contributed by atoms with van der Waals surface area (Å²) in [5.41, 5.74) is 1.98. The number of halogens is 3. The van der Waals surface area contributed by atoms with Crippen LogP contribution in [0.3, 0.4) is 0 Å². The molecule has 0 aromatic heterocycles. The summed E-state index contributed by atoms with van der Waals surface area (Å²) in [6.07, 6.45) is 0.788. The number of hydrogen-bond acceptors (Lipinski definition) is 5. The third kappa shape index (κ3) is 4.73. The molecule has 2 heterocycles. The molecule has 4 rings (SSSR count). The van der Waals surface area contributed by atoms with Crippen molar-refractivity contribution in [3.63, 3.8) is 0 Å². The summed E-state index contributed by atoms with van der Waals surface area (Å²) >= 11 is 0. The number of hydroxylamine groups is 2. The van der Waals surface area contributed by atoms with E-state index in [1.165, 1.54) is 6.08 Å². The summed E-state index contributed by atoms with van der Waals surface area (Å²) < 4.78 is 37.1. The Kier molecular flexibility index (Phi) is 5.74. The van der Waals surface area contributed by atoms with E-state index in [0.717, 1.165) is 35.6 Å². The van der Waals surface area contributed by atoms with Gasteiger partial charge in [0.1, 0.15) is 6.04 Å². The second-order valence-electron chi connectivity index (χ2n) is 7.92. The van der Waals surface area contributed by atoms with Gasteiger partial charge in [-0.3, -0.25) is 9.59 Å². The van der Waals surface area contributed by atoms with Gasteiger partial charge in [-0.25, -0.2) is 4.79 Å². The van der Waals surface area contributed by atoms with Crippen molar-refractivity contribution in [2.75, 3.05) is 18.0 Å². The number of carbonyl (C=O) groups is 3. The minimum atomic E-state index is -5.12. The van der Waals surface area contributed by atoms with Crippen LogP contribution in [0.2, 0.25) is 0 Å². The van der Waals surface area contributed by atoms with Gasteiger partial charge in [-0.05, 0) is 43.2 Å². The summed E-state index contributed by atoms with van der Waals surface area (Å²) in [5.74, 6) is -2.89. The molecule has 2 aliphatic heterocycles. The van der Waals surface area contributed by atoms with Gasteiger partial charge in [0, 0.05) is 24.9 Å². The maximum Gasteiger partial charge on any atom is 0.492 e. The maximum absolute atomic E-state index is 12.7. The fourth-order valence-electron chi connectivity index (χ4n) is 3.78. The molecule has 3 aliphatic rings. The number of fused-ring (bicyclic) bond motifs is 1. The van der Waals surface area contributed by atoms with E-state index < -0.39 is 30.1 Å². The Morgan fingerprint density at radius 3 is 2.52 bits per heavy atom. The lowest BCUT2D eigenvalue weighted by Crippen LogP contribution is -2.58. The molecule has 1 aromatic carbocycles. The number of nitrogens with zero attached hydrogens (tertiary/aromatic N) is 2. The van der Waals surface area contributed by atoms with Crippen molar-refractivity contribution in [3.05, 3.63) is 42.0 Å². The third-order valence-corrected chi connectivity index (χ3v) is 5.74. The molecule has 0 unspecified atom stereocenters. The Bertz CT molecular complexity index is 913. The lowest BCUT2D eigenvalue weighted by Gasteiger charge is -2.37. The number of benzene rings is 1. The van der Waals surface area contributed by atoms with E-state index in [-0.39, 0.29) is 24.8 Å². The number of rotatable bonds is 6. The predicted octanol–water partition coefficient (Wildman–Crippen LogP) is 2.12. The number of hydrogen-bond donors (Lipinski definition) is 1. The molecule has 1 saturated carbocycles. The highest BCUT2D eigenvalue weighted by molar-refractivity contribution is 6.03. The van der Waals surface area contributed by atoms with Crippen molar-refractivity contribution in [1.82, 2.24) is 10.4 Å². The number of anilines is 1. The molecule has 1 aliphatic carbocycles. The van der Waals surface area contributed by atoms with E-state index in [0.29, 0.717) is 6.54 Å². The molecular formula is C21H22F3N3O4. The van der Waals surface area contributed by atoms with Crippen LogP contribution < -0.4 is 10.2 Å². The zero-order chi connectivity index (χ0) is 22.2. The minimum Gasteiger partial charge on any atom is -0.360 e. The Labute approximate surface area is 176 Å². The van der Waals surface area contributed by atoms with Gasteiger partial charge in [-0.1, -0.05) is 24.3 Å². The van der Waals surface area contributed by atoms with Gasteiger partial charge in [-0.2, -0.15) is 13.2 Å². The summed E-state index contributed by atoms with van der Waals surface area (Å²) in [6.45, 7) is 0.640. The smallest absolute Gasteiger partial charge is 0.360 e. The average molecular weight is 437 g/mol. The Morgan fingerprint density at radius 1 is 1.13 bits per heavy atom. The van der Waals surface area contributed by atoms with Crippen molar-refractivity contribution < 1.29 is 32.4 Å². The molecule has 166 valence electrons. The quantitative estimate of drug-likeness (QED) is 0.690. The first kappa shape index (κ1) is 21.4. The molecule has 10 heteroatoms. The van der Waals surface area contributed by atoms with E-state index in [2.05, 4.69) is 10.2 Å². The topological polar surface area (TPSA) is 79.0 Å². The largest absolute Gasteiger partial charge is 0.492 e. The van der Waals surface area contributed by atoms with Crippen LogP contribution in [0.15, 0.2) is 36.4 Å². The van der Waals surface area contributed by atoms with Gasteiger partial charge in [0.25, 0.3) is 5.91 Å². The van der Waals surface area contributed by atoms with Gasteiger partial charge in [0.15, 0.2) is 0 Å². The van der Waals surface area contributed by atoms with Crippen LogP contribution in [-0.4, -0.2) is 54.2 Å². The van der Waals surface area contributed by atoms with Crippen LogP contribution in [0.1, 0.15) is 24.8 Å². The van der Waals surface area contributed by atoms with Crippen molar-refractivity contribution in [2.24, 2.45) is 5.92 Å². The predicted molar refractivity (Wildman–Crippen MR) is 104 cm³/mol.